The molecule has 1 aliphatic rings. The van der Waals surface area contributed by atoms with Crippen LogP contribution in [0.3, 0.4) is 0 Å². The second-order valence-corrected chi connectivity index (χ2v) is 7.14. The van der Waals surface area contributed by atoms with Crippen LogP contribution >= 0.6 is 0 Å². The third-order valence-corrected chi connectivity index (χ3v) is 5.05. The average molecular weight is 440 g/mol. The third kappa shape index (κ3) is 4.56. The Bertz CT molecular complexity index is 1190. The van der Waals surface area contributed by atoms with Crippen molar-refractivity contribution in [3.8, 4) is 5.75 Å². The van der Waals surface area contributed by atoms with Gasteiger partial charge in [0.15, 0.2) is 6.61 Å². The highest BCUT2D eigenvalue weighted by molar-refractivity contribution is 6.07. The summed E-state index contributed by atoms with van der Waals surface area (Å²) < 4.78 is 33.8. The van der Waals surface area contributed by atoms with Crippen molar-refractivity contribution in [1.82, 2.24) is 10.3 Å². The molecule has 0 unspecified atom stereocenters. The Balaban J connectivity index is 1.41. The van der Waals surface area contributed by atoms with E-state index in [1.165, 1.54) is 24.3 Å². The molecule has 4 rings (SSSR count). The second kappa shape index (κ2) is 9.09. The first-order chi connectivity index (χ1) is 15.4. The number of rotatable bonds is 6. The fraction of sp³-hybridized carbons (Fsp3) is 0.217. The van der Waals surface area contributed by atoms with Gasteiger partial charge >= 0.3 is 12.6 Å². The minimum absolute atomic E-state index is 0.0595. The van der Waals surface area contributed by atoms with Gasteiger partial charge in [0.2, 0.25) is 0 Å². The highest BCUT2D eigenvalue weighted by atomic mass is 19.3. The third-order valence-electron chi connectivity index (χ3n) is 5.05. The van der Waals surface area contributed by atoms with Gasteiger partial charge in [0.05, 0.1) is 11.1 Å². The quantitative estimate of drug-likeness (QED) is 0.590. The van der Waals surface area contributed by atoms with Crippen LogP contribution < -0.4 is 10.1 Å². The number of aromatic nitrogens is 1. The molecular weight excluding hydrogens is 422 g/mol. The molecule has 2 aromatic carbocycles. The minimum Gasteiger partial charge on any atom is -0.452 e. The molecule has 7 nitrogen and oxygen atoms in total. The summed E-state index contributed by atoms with van der Waals surface area (Å²) in [6, 6.07) is 12.1. The van der Waals surface area contributed by atoms with Crippen LogP contribution in [0.25, 0.3) is 10.9 Å². The summed E-state index contributed by atoms with van der Waals surface area (Å²) in [4.78, 5) is 41.7. The average Bonchev–Trinajstić information content (AvgIpc) is 3.23. The van der Waals surface area contributed by atoms with Gasteiger partial charge in [0, 0.05) is 16.6 Å². The number of nitrogens with one attached hydrogen (secondary N) is 1. The first-order valence-electron chi connectivity index (χ1n) is 9.89. The maximum atomic E-state index is 12.8. The lowest BCUT2D eigenvalue weighted by atomic mass is 10.0. The van der Waals surface area contributed by atoms with Crippen molar-refractivity contribution >= 4 is 28.7 Å². The molecular formula is C23H18F2N2O5. The highest BCUT2D eigenvalue weighted by Crippen LogP contribution is 2.30. The van der Waals surface area contributed by atoms with Crippen molar-refractivity contribution in [1.29, 1.82) is 0 Å². The first-order valence-corrected chi connectivity index (χ1v) is 9.89. The number of pyridine rings is 1. The summed E-state index contributed by atoms with van der Waals surface area (Å²) in [5, 5.41) is 2.75. The van der Waals surface area contributed by atoms with E-state index in [-0.39, 0.29) is 11.3 Å². The zero-order chi connectivity index (χ0) is 22.7. The van der Waals surface area contributed by atoms with Crippen LogP contribution in [0.1, 0.15) is 38.4 Å². The van der Waals surface area contributed by atoms with E-state index in [4.69, 9.17) is 4.74 Å². The summed E-state index contributed by atoms with van der Waals surface area (Å²) >= 11 is 0. The Morgan fingerprint density at radius 2 is 1.78 bits per heavy atom. The van der Waals surface area contributed by atoms with E-state index in [0.29, 0.717) is 22.9 Å². The predicted molar refractivity (Wildman–Crippen MR) is 110 cm³/mol. The number of imide groups is 1. The van der Waals surface area contributed by atoms with Gasteiger partial charge in [-0.15, -0.1) is 0 Å². The molecule has 0 aliphatic heterocycles. The van der Waals surface area contributed by atoms with E-state index >= 15 is 0 Å². The number of hydrogen-bond acceptors (Lipinski definition) is 6. The molecule has 32 heavy (non-hydrogen) atoms. The highest BCUT2D eigenvalue weighted by Gasteiger charge is 2.25. The number of amides is 2. The van der Waals surface area contributed by atoms with Crippen LogP contribution in [0, 0.1) is 0 Å². The summed E-state index contributed by atoms with van der Waals surface area (Å²) in [6.45, 7) is -3.63. The number of carbonyl (C=O) groups excluding carboxylic acids is 3. The smallest absolute Gasteiger partial charge is 0.387 e. The van der Waals surface area contributed by atoms with Gasteiger partial charge in [-0.05, 0) is 55.2 Å². The van der Waals surface area contributed by atoms with Crippen LogP contribution in [0.2, 0.25) is 0 Å². The monoisotopic (exact) mass is 440 g/mol. The molecule has 0 bridgehead atoms. The zero-order valence-electron chi connectivity index (χ0n) is 16.8. The standard InChI is InChI=1S/C23H18F2N2O5/c24-23(25)32-14-10-8-13(9-11-14)21(29)27-19(28)12-31-22(30)20-15-4-1-2-6-17(15)26-18-7-3-5-16(18)20/h1-2,4,6,8-11,23H,3,5,7,12H2,(H,27,28,29). The van der Waals surface area contributed by atoms with Crippen molar-refractivity contribution < 1.29 is 32.6 Å². The van der Waals surface area contributed by atoms with Crippen LogP contribution in [0.5, 0.6) is 5.75 Å². The minimum atomic E-state index is -2.98. The largest absolute Gasteiger partial charge is 0.452 e. The number of carbonyl (C=O) groups is 3. The molecule has 9 heteroatoms. The molecule has 1 N–H and O–H groups in total. The normalized spacial score (nSPS) is 12.5. The van der Waals surface area contributed by atoms with E-state index in [0.717, 1.165) is 24.1 Å². The molecule has 0 saturated carbocycles. The Labute approximate surface area is 181 Å². The Hall–Kier alpha value is -3.88. The fourth-order valence-electron chi connectivity index (χ4n) is 3.67. The maximum Gasteiger partial charge on any atom is 0.387 e. The lowest BCUT2D eigenvalue weighted by molar-refractivity contribution is -0.123. The summed E-state index contributed by atoms with van der Waals surface area (Å²) in [7, 11) is 0. The molecule has 2 amide bonds. The van der Waals surface area contributed by atoms with Crippen LogP contribution in [0.15, 0.2) is 48.5 Å². The Morgan fingerprint density at radius 3 is 2.53 bits per heavy atom. The first kappa shape index (κ1) is 21.4. The van der Waals surface area contributed by atoms with Gasteiger partial charge < -0.3 is 9.47 Å². The predicted octanol–water partition coefficient (Wildman–Crippen LogP) is 3.44. The van der Waals surface area contributed by atoms with Crippen molar-refractivity contribution in [3.05, 3.63) is 70.9 Å². The summed E-state index contributed by atoms with van der Waals surface area (Å²) in [5.41, 5.74) is 2.82. The number of fused-ring (bicyclic) bond motifs is 2. The SMILES string of the molecule is O=C(COC(=O)c1c2c(nc3ccccc13)CCC2)NC(=O)c1ccc(OC(F)F)cc1. The van der Waals surface area contributed by atoms with Gasteiger partial charge in [-0.25, -0.2) is 4.79 Å². The van der Waals surface area contributed by atoms with E-state index in [1.807, 2.05) is 12.1 Å². The van der Waals surface area contributed by atoms with Gasteiger partial charge in [-0.3, -0.25) is 19.9 Å². The molecule has 1 aromatic heterocycles. The summed E-state index contributed by atoms with van der Waals surface area (Å²) in [6.07, 6.45) is 2.36. The van der Waals surface area contributed by atoms with E-state index in [2.05, 4.69) is 15.0 Å². The molecule has 0 fully saturated rings. The van der Waals surface area contributed by atoms with Crippen LogP contribution in [-0.4, -0.2) is 36.0 Å². The van der Waals surface area contributed by atoms with E-state index < -0.39 is 31.0 Å². The molecule has 0 radical (unpaired) electrons. The molecule has 164 valence electrons. The molecule has 0 spiro atoms. The number of halogens is 2. The number of alkyl halides is 2. The van der Waals surface area contributed by atoms with E-state index in [1.54, 1.807) is 12.1 Å². The van der Waals surface area contributed by atoms with Gasteiger partial charge in [-0.1, -0.05) is 18.2 Å². The Kier molecular flexibility index (Phi) is 6.07. The zero-order valence-corrected chi connectivity index (χ0v) is 16.8. The molecule has 0 atom stereocenters. The molecule has 1 heterocycles. The summed E-state index contributed by atoms with van der Waals surface area (Å²) in [5.74, 6) is -2.34. The topological polar surface area (TPSA) is 94.6 Å². The number of para-hydroxylation sites is 1. The molecule has 0 saturated heterocycles. The van der Waals surface area contributed by atoms with Crippen molar-refractivity contribution in [2.75, 3.05) is 6.61 Å². The lowest BCUT2D eigenvalue weighted by Crippen LogP contribution is -2.34. The van der Waals surface area contributed by atoms with E-state index in [9.17, 15) is 23.2 Å². The number of aryl methyl sites for hydroxylation is 1. The Morgan fingerprint density at radius 1 is 1.03 bits per heavy atom. The van der Waals surface area contributed by atoms with Crippen molar-refractivity contribution in [2.24, 2.45) is 0 Å². The van der Waals surface area contributed by atoms with Crippen LogP contribution in [0.4, 0.5) is 8.78 Å². The van der Waals surface area contributed by atoms with Gasteiger partial charge in [0.1, 0.15) is 5.75 Å². The number of esters is 1. The fourth-order valence-corrected chi connectivity index (χ4v) is 3.67. The lowest BCUT2D eigenvalue weighted by Gasteiger charge is -2.12. The maximum absolute atomic E-state index is 12.8. The number of ether oxygens (including phenoxy) is 2. The number of nitrogens with zero attached hydrogens (tertiary/aromatic N) is 1. The van der Waals surface area contributed by atoms with Gasteiger partial charge in [0.25, 0.3) is 11.8 Å². The van der Waals surface area contributed by atoms with Crippen LogP contribution in [-0.2, 0) is 22.4 Å². The van der Waals surface area contributed by atoms with Crippen molar-refractivity contribution in [2.45, 2.75) is 25.9 Å². The van der Waals surface area contributed by atoms with Gasteiger partial charge in [-0.2, -0.15) is 8.78 Å². The number of benzene rings is 2. The molecule has 3 aromatic rings. The number of hydrogen-bond donors (Lipinski definition) is 1. The second-order valence-electron chi connectivity index (χ2n) is 7.14. The molecule has 1 aliphatic carbocycles. The van der Waals surface area contributed by atoms with Crippen molar-refractivity contribution in [3.63, 3.8) is 0 Å².